The number of urea groups is 1. The van der Waals surface area contributed by atoms with E-state index in [1.807, 2.05) is 20.8 Å². The van der Waals surface area contributed by atoms with Crippen molar-refractivity contribution >= 4 is 33.8 Å². The highest BCUT2D eigenvalue weighted by Gasteiger charge is 2.43. The fourth-order valence-electron chi connectivity index (χ4n) is 5.04. The van der Waals surface area contributed by atoms with Gasteiger partial charge in [0.15, 0.2) is 0 Å². The van der Waals surface area contributed by atoms with Crippen LogP contribution in [0.1, 0.15) is 66.5 Å². The Hall–Kier alpha value is -3.40. The number of nitrogens with one attached hydrogen (secondary N) is 4. The number of pyridine rings is 1. The van der Waals surface area contributed by atoms with Crippen LogP contribution in [0.2, 0.25) is 0 Å². The average molecular weight is 688 g/mol. The van der Waals surface area contributed by atoms with Gasteiger partial charge in [-0.1, -0.05) is 47.6 Å². The molecule has 0 unspecified atom stereocenters. The molecule has 0 saturated carbocycles. The van der Waals surface area contributed by atoms with E-state index in [2.05, 4.69) is 26.3 Å². The maximum atomic E-state index is 13.9. The summed E-state index contributed by atoms with van der Waals surface area (Å²) in [6, 6.07) is 0.318. The quantitative estimate of drug-likeness (QED) is 0.232. The lowest BCUT2D eigenvalue weighted by molar-refractivity contribution is -0.142. The standard InChI is InChI=1S/C31H51F2N7O6S/c1-30(2,3)23(19-39(7)47(8,45)46)37-29(44)38-25(31(4,5)6)28(43)40-17-11-13-22(40)27(42)36-21(18-24(32)33)26(41)35-16-14-20-12-9-10-15-34-20/h9-10,12,15,21-25H,11,13-14,16-19H2,1-8H3,(H,35,41)(H,36,42)(H2,37,38,44)/t21-,22-,23+,25+/m0/s1. The van der Waals surface area contributed by atoms with Crippen LogP contribution in [0.3, 0.4) is 0 Å². The Morgan fingerprint density at radius 3 is 2.23 bits per heavy atom. The van der Waals surface area contributed by atoms with Crippen molar-refractivity contribution in [3.8, 4) is 0 Å². The number of hydrogen-bond acceptors (Lipinski definition) is 7. The number of carbonyl (C=O) groups is 4. The highest BCUT2D eigenvalue weighted by Crippen LogP contribution is 2.27. The van der Waals surface area contributed by atoms with Crippen LogP contribution >= 0.6 is 0 Å². The molecule has 2 rings (SSSR count). The number of aromatic nitrogens is 1. The molecule has 1 saturated heterocycles. The summed E-state index contributed by atoms with van der Waals surface area (Å²) in [7, 11) is -2.11. The molecule has 16 heteroatoms. The second-order valence-electron chi connectivity index (χ2n) is 14.1. The number of hydrogen-bond donors (Lipinski definition) is 4. The molecule has 5 amide bonds. The monoisotopic (exact) mass is 687 g/mol. The maximum Gasteiger partial charge on any atom is 0.315 e. The second kappa shape index (κ2) is 16.6. The smallest absolute Gasteiger partial charge is 0.315 e. The van der Waals surface area contributed by atoms with Crippen molar-refractivity contribution in [3.63, 3.8) is 0 Å². The molecule has 0 radical (unpaired) electrons. The molecule has 1 aliphatic rings. The second-order valence-corrected chi connectivity index (χ2v) is 16.2. The molecule has 1 aromatic rings. The van der Waals surface area contributed by atoms with Gasteiger partial charge in [0.1, 0.15) is 18.1 Å². The van der Waals surface area contributed by atoms with E-state index in [1.165, 1.54) is 11.9 Å². The van der Waals surface area contributed by atoms with E-state index < -0.39 is 81.6 Å². The molecule has 13 nitrogen and oxygen atoms in total. The van der Waals surface area contributed by atoms with Crippen LogP contribution in [-0.4, -0.2) is 110 Å². The van der Waals surface area contributed by atoms with Crippen molar-refractivity contribution in [2.75, 3.05) is 32.9 Å². The van der Waals surface area contributed by atoms with Crippen molar-refractivity contribution in [3.05, 3.63) is 30.1 Å². The van der Waals surface area contributed by atoms with Crippen molar-refractivity contribution < 1.29 is 36.4 Å². The lowest BCUT2D eigenvalue weighted by atomic mass is 9.85. The Labute approximate surface area is 277 Å². The minimum absolute atomic E-state index is 0.00520. The summed E-state index contributed by atoms with van der Waals surface area (Å²) in [4.78, 5) is 58.9. The molecule has 266 valence electrons. The van der Waals surface area contributed by atoms with Crippen molar-refractivity contribution in [2.45, 2.75) is 97.8 Å². The first-order chi connectivity index (χ1) is 21.6. The molecule has 1 aliphatic heterocycles. The largest absolute Gasteiger partial charge is 0.354 e. The third-order valence-corrected chi connectivity index (χ3v) is 9.32. The minimum atomic E-state index is -3.52. The molecular formula is C31H51F2N7O6S. The molecular weight excluding hydrogens is 636 g/mol. The number of likely N-dealkylation sites (N-methyl/N-ethyl adjacent to an activating group) is 1. The first-order valence-electron chi connectivity index (χ1n) is 15.7. The van der Waals surface area contributed by atoms with Gasteiger partial charge in [-0.2, -0.15) is 0 Å². The molecule has 0 bridgehead atoms. The van der Waals surface area contributed by atoms with E-state index in [0.717, 1.165) is 10.6 Å². The van der Waals surface area contributed by atoms with Gasteiger partial charge in [-0.3, -0.25) is 19.4 Å². The van der Waals surface area contributed by atoms with Crippen LogP contribution in [-0.2, 0) is 30.8 Å². The molecule has 2 heterocycles. The Morgan fingerprint density at radius 1 is 1.04 bits per heavy atom. The predicted octanol–water partition coefficient (Wildman–Crippen LogP) is 1.89. The third-order valence-electron chi connectivity index (χ3n) is 8.04. The number of carbonyl (C=O) groups excluding carboxylic acids is 4. The van der Waals surface area contributed by atoms with Gasteiger partial charge < -0.3 is 26.2 Å². The summed E-state index contributed by atoms with van der Waals surface area (Å²) in [6.07, 6.45) is -0.0499. The third kappa shape index (κ3) is 12.6. The highest BCUT2D eigenvalue weighted by atomic mass is 32.2. The number of likely N-dealkylation sites (tertiary alicyclic amines) is 1. The molecule has 0 aliphatic carbocycles. The number of amides is 5. The van der Waals surface area contributed by atoms with Gasteiger partial charge in [0, 0.05) is 57.5 Å². The molecule has 4 N–H and O–H groups in total. The number of rotatable bonds is 14. The van der Waals surface area contributed by atoms with E-state index in [-0.39, 0.29) is 26.1 Å². The van der Waals surface area contributed by atoms with Crippen molar-refractivity contribution in [1.82, 2.24) is 35.5 Å². The summed E-state index contributed by atoms with van der Waals surface area (Å²) in [5.41, 5.74) is -0.659. The Balaban J connectivity index is 2.16. The van der Waals surface area contributed by atoms with E-state index in [1.54, 1.807) is 45.2 Å². The van der Waals surface area contributed by atoms with E-state index in [9.17, 15) is 36.4 Å². The molecule has 47 heavy (non-hydrogen) atoms. The Morgan fingerprint density at radius 2 is 1.70 bits per heavy atom. The summed E-state index contributed by atoms with van der Waals surface area (Å²) in [5, 5.41) is 10.5. The van der Waals surface area contributed by atoms with Gasteiger partial charge in [0.25, 0.3) is 0 Å². The summed E-state index contributed by atoms with van der Waals surface area (Å²) in [5.74, 6) is -2.06. The number of alkyl halides is 2. The van der Waals surface area contributed by atoms with Crippen LogP contribution in [0.4, 0.5) is 13.6 Å². The first kappa shape index (κ1) is 39.8. The molecule has 0 spiro atoms. The van der Waals surface area contributed by atoms with Gasteiger partial charge in [0.2, 0.25) is 34.2 Å². The first-order valence-corrected chi connectivity index (χ1v) is 17.5. The normalized spacial score (nSPS) is 17.6. The van der Waals surface area contributed by atoms with Gasteiger partial charge in [-0.05, 0) is 35.8 Å². The summed E-state index contributed by atoms with van der Waals surface area (Å²) >= 11 is 0. The lowest BCUT2D eigenvalue weighted by Gasteiger charge is -2.37. The number of sulfonamides is 1. The summed E-state index contributed by atoms with van der Waals surface area (Å²) in [6.45, 7) is 11.1. The van der Waals surface area contributed by atoms with Crippen LogP contribution in [0.25, 0.3) is 0 Å². The topological polar surface area (TPSA) is 170 Å². The van der Waals surface area contributed by atoms with Crippen LogP contribution in [0.15, 0.2) is 24.4 Å². The van der Waals surface area contributed by atoms with E-state index in [0.29, 0.717) is 18.5 Å². The lowest BCUT2D eigenvalue weighted by Crippen LogP contribution is -2.62. The minimum Gasteiger partial charge on any atom is -0.354 e. The summed E-state index contributed by atoms with van der Waals surface area (Å²) < 4.78 is 52.0. The Kier molecular flexibility index (Phi) is 14.1. The van der Waals surface area contributed by atoms with Gasteiger partial charge in [-0.25, -0.2) is 26.3 Å². The molecule has 1 aromatic heterocycles. The van der Waals surface area contributed by atoms with Crippen LogP contribution < -0.4 is 21.3 Å². The molecule has 1 fully saturated rings. The number of nitrogens with zero attached hydrogens (tertiary/aromatic N) is 3. The molecule has 4 atom stereocenters. The van der Waals surface area contributed by atoms with Gasteiger partial charge >= 0.3 is 6.03 Å². The van der Waals surface area contributed by atoms with Crippen LogP contribution in [0, 0.1) is 10.8 Å². The van der Waals surface area contributed by atoms with Crippen molar-refractivity contribution in [1.29, 1.82) is 0 Å². The average Bonchev–Trinajstić information content (AvgIpc) is 3.44. The Bertz CT molecular complexity index is 1340. The molecule has 0 aromatic carbocycles. The SMILES string of the molecule is CN(C[C@@H](NC(=O)N[C@H](C(=O)N1CCC[C@H]1C(=O)N[C@@H](CC(F)F)C(=O)NCCc1ccccn1)C(C)(C)C)C(C)(C)C)S(C)(=O)=O. The zero-order valence-electron chi connectivity index (χ0n) is 28.6. The van der Waals surface area contributed by atoms with E-state index >= 15 is 0 Å². The van der Waals surface area contributed by atoms with Gasteiger partial charge in [-0.15, -0.1) is 0 Å². The van der Waals surface area contributed by atoms with E-state index in [4.69, 9.17) is 0 Å². The zero-order valence-corrected chi connectivity index (χ0v) is 29.4. The maximum absolute atomic E-state index is 13.9. The fraction of sp³-hybridized carbons (Fsp3) is 0.710. The van der Waals surface area contributed by atoms with Crippen LogP contribution in [0.5, 0.6) is 0 Å². The number of halogens is 2. The zero-order chi connectivity index (χ0) is 35.7. The fourth-order valence-corrected chi connectivity index (χ4v) is 5.46. The highest BCUT2D eigenvalue weighted by molar-refractivity contribution is 7.88. The van der Waals surface area contributed by atoms with Gasteiger partial charge in [0.05, 0.1) is 6.26 Å². The van der Waals surface area contributed by atoms with Crippen molar-refractivity contribution in [2.24, 2.45) is 10.8 Å². The predicted molar refractivity (Wildman–Crippen MR) is 174 cm³/mol.